The second-order valence-electron chi connectivity index (χ2n) is 10.4. The maximum absolute atomic E-state index is 2.26. The number of benzene rings is 6. The second kappa shape index (κ2) is 14.3. The Morgan fingerprint density at radius 3 is 0.773 bits per heavy atom. The molecule has 0 bridgehead atoms. The van der Waals surface area contributed by atoms with Gasteiger partial charge in [-0.2, -0.15) is 0 Å². The molecular formula is C42H34S2. The van der Waals surface area contributed by atoms with Crippen LogP contribution in [0.5, 0.6) is 0 Å². The minimum Gasteiger partial charge on any atom is -0.128 e. The summed E-state index contributed by atoms with van der Waals surface area (Å²) in [5.74, 6) is 0. The molecule has 6 aromatic carbocycles. The summed E-state index contributed by atoms with van der Waals surface area (Å²) in [4.78, 5) is 2.54. The van der Waals surface area contributed by atoms with Crippen molar-refractivity contribution in [3.8, 4) is 11.1 Å². The highest BCUT2D eigenvalue weighted by atomic mass is 32.2. The molecule has 0 saturated carbocycles. The molecular weight excluding hydrogens is 569 g/mol. The minimum absolute atomic E-state index is 1.21. The van der Waals surface area contributed by atoms with Gasteiger partial charge in [0.2, 0.25) is 0 Å². The van der Waals surface area contributed by atoms with Crippen molar-refractivity contribution in [1.29, 1.82) is 0 Å². The van der Waals surface area contributed by atoms with E-state index < -0.39 is 0 Å². The van der Waals surface area contributed by atoms with Crippen LogP contribution in [0.2, 0.25) is 0 Å². The van der Waals surface area contributed by atoms with Crippen LogP contribution in [0.1, 0.15) is 33.4 Å². The van der Waals surface area contributed by atoms with Crippen LogP contribution in [0, 0.1) is 0 Å². The summed E-state index contributed by atoms with van der Waals surface area (Å²) < 4.78 is 0. The summed E-state index contributed by atoms with van der Waals surface area (Å²) in [5, 5.41) is 0. The van der Waals surface area contributed by atoms with Gasteiger partial charge in [-0.05, 0) is 57.0 Å². The first-order chi connectivity index (χ1) is 21.8. The highest BCUT2D eigenvalue weighted by Gasteiger charge is 2.15. The third-order valence-corrected chi connectivity index (χ3v) is 9.44. The smallest absolute Gasteiger partial charge is 0.0226 e. The van der Waals surface area contributed by atoms with E-state index in [4.69, 9.17) is 0 Å². The molecule has 0 aliphatic carbocycles. The maximum atomic E-state index is 2.26. The highest BCUT2D eigenvalue weighted by molar-refractivity contribution is 8.08. The molecule has 0 aliphatic rings. The van der Waals surface area contributed by atoms with E-state index in [1.54, 1.807) is 23.5 Å². The van der Waals surface area contributed by atoms with Crippen molar-refractivity contribution in [3.63, 3.8) is 0 Å². The monoisotopic (exact) mass is 602 g/mol. The first-order valence-corrected chi connectivity index (χ1v) is 17.2. The molecule has 0 nitrogen and oxygen atoms in total. The standard InChI is InChI=1S/C42H34S2/c1-43-41(39(33-15-7-3-8-16-33)34-17-9-4-10-18-34)37-27-23-31(24-28-37)32-25-29-38(30-26-32)42(44-2)40(35-19-11-5-12-20-35)36-21-13-6-14-22-36/h3-30H,1-2H3. The quantitative estimate of drug-likeness (QED) is 0.151. The van der Waals surface area contributed by atoms with Crippen molar-refractivity contribution in [2.75, 3.05) is 12.5 Å². The molecule has 0 heterocycles. The van der Waals surface area contributed by atoms with Crippen molar-refractivity contribution in [3.05, 3.63) is 203 Å². The van der Waals surface area contributed by atoms with Crippen molar-refractivity contribution in [2.24, 2.45) is 0 Å². The third-order valence-electron chi connectivity index (χ3n) is 7.74. The Labute approximate surface area is 270 Å². The fraction of sp³-hybridized carbons (Fsp3) is 0.0476. The lowest BCUT2D eigenvalue weighted by atomic mass is 9.94. The van der Waals surface area contributed by atoms with Crippen molar-refractivity contribution >= 4 is 44.5 Å². The van der Waals surface area contributed by atoms with Gasteiger partial charge in [0.05, 0.1) is 0 Å². The zero-order chi connectivity index (χ0) is 30.1. The van der Waals surface area contributed by atoms with Crippen molar-refractivity contribution in [1.82, 2.24) is 0 Å². The minimum atomic E-state index is 1.21. The van der Waals surface area contributed by atoms with Gasteiger partial charge < -0.3 is 0 Å². The summed E-state index contributed by atoms with van der Waals surface area (Å²) in [6.45, 7) is 0. The predicted molar refractivity (Wildman–Crippen MR) is 197 cm³/mol. The molecule has 2 heteroatoms. The van der Waals surface area contributed by atoms with Crippen LogP contribution >= 0.6 is 23.5 Å². The van der Waals surface area contributed by atoms with Crippen LogP contribution in [0.15, 0.2) is 170 Å². The van der Waals surface area contributed by atoms with Gasteiger partial charge in [0, 0.05) is 21.0 Å². The Hall–Kier alpha value is -4.50. The second-order valence-corrected chi connectivity index (χ2v) is 12.1. The predicted octanol–water partition coefficient (Wildman–Crippen LogP) is 11.9. The number of hydrogen-bond acceptors (Lipinski definition) is 2. The fourth-order valence-corrected chi connectivity index (χ4v) is 7.26. The molecule has 0 aliphatic heterocycles. The van der Waals surface area contributed by atoms with Crippen molar-refractivity contribution in [2.45, 2.75) is 0 Å². The lowest BCUT2D eigenvalue weighted by molar-refractivity contribution is 1.54. The van der Waals surface area contributed by atoms with Gasteiger partial charge >= 0.3 is 0 Å². The van der Waals surface area contributed by atoms with Gasteiger partial charge in [-0.25, -0.2) is 0 Å². The van der Waals surface area contributed by atoms with E-state index in [1.165, 1.54) is 65.5 Å². The van der Waals surface area contributed by atoms with E-state index in [1.807, 2.05) is 0 Å². The number of thioether (sulfide) groups is 2. The molecule has 214 valence electrons. The van der Waals surface area contributed by atoms with E-state index in [2.05, 4.69) is 182 Å². The Bertz CT molecular complexity index is 1630. The van der Waals surface area contributed by atoms with Gasteiger partial charge in [0.1, 0.15) is 0 Å². The summed E-state index contributed by atoms with van der Waals surface area (Å²) in [6.07, 6.45) is 4.34. The number of hydrogen-bond donors (Lipinski definition) is 0. The van der Waals surface area contributed by atoms with E-state index in [0.29, 0.717) is 0 Å². The van der Waals surface area contributed by atoms with Gasteiger partial charge in [-0.3, -0.25) is 0 Å². The Morgan fingerprint density at radius 1 is 0.295 bits per heavy atom. The van der Waals surface area contributed by atoms with Gasteiger partial charge in [-0.15, -0.1) is 23.5 Å². The fourth-order valence-electron chi connectivity index (χ4n) is 5.63. The first kappa shape index (κ1) is 29.6. The molecule has 6 rings (SSSR count). The molecule has 0 aromatic heterocycles. The summed E-state index contributed by atoms with van der Waals surface area (Å²) in [5.41, 5.74) is 12.3. The molecule has 6 aromatic rings. The Kier molecular flexibility index (Phi) is 9.62. The zero-order valence-electron chi connectivity index (χ0n) is 25.0. The topological polar surface area (TPSA) is 0 Å². The van der Waals surface area contributed by atoms with E-state index >= 15 is 0 Å². The molecule has 0 fully saturated rings. The highest BCUT2D eigenvalue weighted by Crippen LogP contribution is 2.40. The van der Waals surface area contributed by atoms with E-state index in [-0.39, 0.29) is 0 Å². The molecule has 0 atom stereocenters. The summed E-state index contributed by atoms with van der Waals surface area (Å²) >= 11 is 3.60. The molecule has 0 amide bonds. The van der Waals surface area contributed by atoms with Crippen LogP contribution in [0.4, 0.5) is 0 Å². The lowest BCUT2D eigenvalue weighted by Gasteiger charge is -2.17. The Morgan fingerprint density at radius 2 is 0.545 bits per heavy atom. The normalized spacial score (nSPS) is 10.7. The van der Waals surface area contributed by atoms with Gasteiger partial charge in [-0.1, -0.05) is 170 Å². The average Bonchev–Trinajstić information content (AvgIpc) is 3.11. The molecule has 0 radical (unpaired) electrons. The SMILES string of the molecule is CSC(=C(c1ccccc1)c1ccccc1)c1ccc(-c2ccc(C(SC)=C(c3ccccc3)c3ccccc3)cc2)cc1. The van der Waals surface area contributed by atoms with Crippen LogP contribution in [0.25, 0.3) is 32.1 Å². The van der Waals surface area contributed by atoms with E-state index in [0.717, 1.165) is 0 Å². The molecule has 0 N–H and O–H groups in total. The largest absolute Gasteiger partial charge is 0.128 e. The Balaban J connectivity index is 1.36. The molecule has 44 heavy (non-hydrogen) atoms. The zero-order valence-corrected chi connectivity index (χ0v) is 26.6. The summed E-state index contributed by atoms with van der Waals surface area (Å²) in [7, 11) is 0. The van der Waals surface area contributed by atoms with Crippen molar-refractivity contribution < 1.29 is 0 Å². The van der Waals surface area contributed by atoms with Crippen LogP contribution < -0.4 is 0 Å². The third kappa shape index (κ3) is 6.53. The maximum Gasteiger partial charge on any atom is 0.0226 e. The van der Waals surface area contributed by atoms with Crippen LogP contribution in [0.3, 0.4) is 0 Å². The lowest BCUT2D eigenvalue weighted by Crippen LogP contribution is -1.93. The average molecular weight is 603 g/mol. The van der Waals surface area contributed by atoms with Gasteiger partial charge in [0.15, 0.2) is 0 Å². The number of rotatable bonds is 9. The van der Waals surface area contributed by atoms with E-state index in [9.17, 15) is 0 Å². The molecule has 0 unspecified atom stereocenters. The van der Waals surface area contributed by atoms with Crippen LogP contribution in [-0.4, -0.2) is 12.5 Å². The summed E-state index contributed by atoms with van der Waals surface area (Å²) in [6, 6.07) is 60.9. The van der Waals surface area contributed by atoms with Crippen LogP contribution in [-0.2, 0) is 0 Å². The molecule has 0 saturated heterocycles. The molecule has 0 spiro atoms. The first-order valence-electron chi connectivity index (χ1n) is 14.8. The van der Waals surface area contributed by atoms with Gasteiger partial charge in [0.25, 0.3) is 0 Å².